The highest BCUT2D eigenvalue weighted by Crippen LogP contribution is 2.29. The molecule has 0 aliphatic rings. The van der Waals surface area contributed by atoms with Gasteiger partial charge in [-0.15, -0.1) is 0 Å². The number of nitrogens with zero attached hydrogens (tertiary/aromatic N) is 1. The van der Waals surface area contributed by atoms with Crippen LogP contribution in [0.1, 0.15) is 10.4 Å². The van der Waals surface area contributed by atoms with E-state index in [4.69, 9.17) is 11.6 Å². The molecule has 1 aromatic heterocycles. The number of rotatable bonds is 2. The number of H-pyrrole nitrogens is 1. The molecule has 2 aromatic carbocycles. The van der Waals surface area contributed by atoms with Crippen LogP contribution >= 0.6 is 11.6 Å². The second-order valence-corrected chi connectivity index (χ2v) is 4.78. The first-order chi connectivity index (χ1) is 10.0. The predicted octanol–water partition coefficient (Wildman–Crippen LogP) is 3.31. The van der Waals surface area contributed by atoms with Crippen LogP contribution in [0.3, 0.4) is 0 Å². The molecule has 106 valence electrons. The summed E-state index contributed by atoms with van der Waals surface area (Å²) in [6.07, 6.45) is 1.52. The van der Waals surface area contributed by atoms with Gasteiger partial charge in [-0.2, -0.15) is 0 Å². The summed E-state index contributed by atoms with van der Waals surface area (Å²) < 4.78 is 13.7. The van der Waals surface area contributed by atoms with Gasteiger partial charge in [0.25, 0.3) is 5.91 Å². The third kappa shape index (κ3) is 2.53. The predicted molar refractivity (Wildman–Crippen MR) is 77.1 cm³/mol. The van der Waals surface area contributed by atoms with Crippen molar-refractivity contribution in [3.63, 3.8) is 0 Å². The highest BCUT2D eigenvalue weighted by atomic mass is 35.5. The standard InChI is InChI=1S/C14H9ClFN3O2/c15-8-4-11(9(16)5-13(8)20)19-14(21)7-1-2-10-12(3-7)18-6-17-10/h1-6,20H,(H,17,18)(H,19,21). The van der Waals surface area contributed by atoms with Crippen molar-refractivity contribution in [1.29, 1.82) is 0 Å². The lowest BCUT2D eigenvalue weighted by atomic mass is 10.2. The molecular weight excluding hydrogens is 297 g/mol. The van der Waals surface area contributed by atoms with Crippen LogP contribution in [0.2, 0.25) is 5.02 Å². The normalized spacial score (nSPS) is 10.8. The van der Waals surface area contributed by atoms with Crippen LogP contribution in [0.5, 0.6) is 5.75 Å². The zero-order chi connectivity index (χ0) is 15.0. The lowest BCUT2D eigenvalue weighted by Gasteiger charge is -2.08. The van der Waals surface area contributed by atoms with Gasteiger partial charge in [0.2, 0.25) is 0 Å². The highest BCUT2D eigenvalue weighted by molar-refractivity contribution is 6.32. The Morgan fingerprint density at radius 1 is 1.33 bits per heavy atom. The first kappa shape index (κ1) is 13.4. The summed E-state index contributed by atoms with van der Waals surface area (Å²) in [4.78, 5) is 19.0. The average molecular weight is 306 g/mol. The number of aromatic hydroxyl groups is 1. The fourth-order valence-electron chi connectivity index (χ4n) is 1.90. The van der Waals surface area contributed by atoms with Gasteiger partial charge in [0.05, 0.1) is 28.1 Å². The number of aromatic amines is 1. The van der Waals surface area contributed by atoms with E-state index in [-0.39, 0.29) is 16.5 Å². The minimum atomic E-state index is -0.770. The monoisotopic (exact) mass is 305 g/mol. The topological polar surface area (TPSA) is 78.0 Å². The van der Waals surface area contributed by atoms with E-state index in [0.717, 1.165) is 17.6 Å². The van der Waals surface area contributed by atoms with E-state index in [9.17, 15) is 14.3 Å². The van der Waals surface area contributed by atoms with E-state index in [0.29, 0.717) is 11.1 Å². The molecule has 0 aliphatic heterocycles. The lowest BCUT2D eigenvalue weighted by molar-refractivity contribution is 0.102. The number of amides is 1. The van der Waals surface area contributed by atoms with Crippen molar-refractivity contribution in [2.24, 2.45) is 0 Å². The van der Waals surface area contributed by atoms with E-state index in [1.54, 1.807) is 18.2 Å². The maximum absolute atomic E-state index is 13.7. The molecule has 0 fully saturated rings. The van der Waals surface area contributed by atoms with Crippen LogP contribution in [-0.4, -0.2) is 21.0 Å². The van der Waals surface area contributed by atoms with Crippen molar-refractivity contribution in [3.05, 3.63) is 53.1 Å². The Morgan fingerprint density at radius 3 is 2.95 bits per heavy atom. The molecule has 0 saturated carbocycles. The molecule has 7 heteroatoms. The van der Waals surface area contributed by atoms with Gasteiger partial charge in [-0.3, -0.25) is 4.79 Å². The first-order valence-electron chi connectivity index (χ1n) is 5.97. The number of anilines is 1. The molecule has 3 aromatic rings. The molecule has 0 bridgehead atoms. The largest absolute Gasteiger partial charge is 0.506 e. The van der Waals surface area contributed by atoms with Crippen LogP contribution in [0, 0.1) is 5.82 Å². The van der Waals surface area contributed by atoms with Crippen molar-refractivity contribution in [2.45, 2.75) is 0 Å². The number of carbonyl (C=O) groups is 1. The number of fused-ring (bicyclic) bond motifs is 1. The van der Waals surface area contributed by atoms with E-state index in [1.807, 2.05) is 0 Å². The molecule has 3 N–H and O–H groups in total. The Morgan fingerprint density at radius 2 is 2.14 bits per heavy atom. The molecular formula is C14H9ClFN3O2. The summed E-state index contributed by atoms with van der Waals surface area (Å²) in [5.74, 6) is -1.65. The molecule has 1 heterocycles. The van der Waals surface area contributed by atoms with Crippen molar-refractivity contribution < 1.29 is 14.3 Å². The van der Waals surface area contributed by atoms with Gasteiger partial charge < -0.3 is 15.4 Å². The Hall–Kier alpha value is -2.60. The van der Waals surface area contributed by atoms with Crippen LogP contribution in [0.4, 0.5) is 10.1 Å². The molecule has 1 amide bonds. The van der Waals surface area contributed by atoms with Crippen LogP contribution < -0.4 is 5.32 Å². The minimum Gasteiger partial charge on any atom is -0.506 e. The van der Waals surface area contributed by atoms with Crippen LogP contribution in [-0.2, 0) is 0 Å². The lowest BCUT2D eigenvalue weighted by Crippen LogP contribution is -2.13. The van der Waals surface area contributed by atoms with Crippen molar-refractivity contribution in [1.82, 2.24) is 9.97 Å². The molecule has 0 spiro atoms. The summed E-state index contributed by atoms with van der Waals surface area (Å²) in [6.45, 7) is 0. The number of hydrogen-bond acceptors (Lipinski definition) is 3. The molecule has 0 atom stereocenters. The van der Waals surface area contributed by atoms with Gasteiger partial charge in [-0.1, -0.05) is 11.6 Å². The molecule has 21 heavy (non-hydrogen) atoms. The Balaban J connectivity index is 1.90. The number of imidazole rings is 1. The van der Waals surface area contributed by atoms with Crippen molar-refractivity contribution >= 4 is 34.2 Å². The fraction of sp³-hybridized carbons (Fsp3) is 0. The number of carbonyl (C=O) groups excluding carboxylic acids is 1. The average Bonchev–Trinajstić information content (AvgIpc) is 2.92. The van der Waals surface area contributed by atoms with Crippen molar-refractivity contribution in [3.8, 4) is 5.75 Å². The number of phenolic OH excluding ortho intramolecular Hbond substituents is 1. The zero-order valence-electron chi connectivity index (χ0n) is 10.5. The van der Waals surface area contributed by atoms with Crippen LogP contribution in [0.15, 0.2) is 36.7 Å². The quantitative estimate of drug-likeness (QED) is 0.636. The third-order valence-corrected chi connectivity index (χ3v) is 3.27. The Bertz CT molecular complexity index is 847. The smallest absolute Gasteiger partial charge is 0.255 e. The third-order valence-electron chi connectivity index (χ3n) is 2.97. The maximum Gasteiger partial charge on any atom is 0.255 e. The SMILES string of the molecule is O=C(Nc1cc(Cl)c(O)cc1F)c1ccc2nc[nH]c2c1. The molecule has 3 rings (SSSR count). The number of hydrogen-bond donors (Lipinski definition) is 3. The maximum atomic E-state index is 13.7. The number of halogens is 2. The summed E-state index contributed by atoms with van der Waals surface area (Å²) >= 11 is 5.70. The van der Waals surface area contributed by atoms with E-state index < -0.39 is 11.7 Å². The minimum absolute atomic E-state index is 0.0456. The second-order valence-electron chi connectivity index (χ2n) is 4.37. The Kier molecular flexibility index (Phi) is 3.23. The summed E-state index contributed by atoms with van der Waals surface area (Å²) in [5.41, 5.74) is 1.67. The van der Waals surface area contributed by atoms with E-state index in [2.05, 4.69) is 15.3 Å². The molecule has 0 radical (unpaired) electrons. The number of phenols is 1. The molecule has 0 saturated heterocycles. The van der Waals surface area contributed by atoms with Crippen LogP contribution in [0.25, 0.3) is 11.0 Å². The number of nitrogens with one attached hydrogen (secondary N) is 2. The fourth-order valence-corrected chi connectivity index (χ4v) is 2.07. The summed E-state index contributed by atoms with van der Waals surface area (Å²) in [6, 6.07) is 6.87. The molecule has 0 unspecified atom stereocenters. The van der Waals surface area contributed by atoms with Crippen molar-refractivity contribution in [2.75, 3.05) is 5.32 Å². The van der Waals surface area contributed by atoms with Gasteiger partial charge in [0.1, 0.15) is 5.75 Å². The molecule has 0 aliphatic carbocycles. The zero-order valence-corrected chi connectivity index (χ0v) is 11.3. The number of benzene rings is 2. The van der Waals surface area contributed by atoms with Gasteiger partial charge in [-0.05, 0) is 24.3 Å². The van der Waals surface area contributed by atoms with E-state index in [1.165, 1.54) is 6.33 Å². The molecule has 5 nitrogen and oxygen atoms in total. The first-order valence-corrected chi connectivity index (χ1v) is 6.35. The Labute approximate surface area is 123 Å². The summed E-state index contributed by atoms with van der Waals surface area (Å²) in [5, 5.41) is 11.6. The number of aromatic nitrogens is 2. The van der Waals surface area contributed by atoms with Gasteiger partial charge in [-0.25, -0.2) is 9.37 Å². The van der Waals surface area contributed by atoms with Gasteiger partial charge in [0.15, 0.2) is 5.82 Å². The highest BCUT2D eigenvalue weighted by Gasteiger charge is 2.13. The van der Waals surface area contributed by atoms with Gasteiger partial charge in [0, 0.05) is 11.6 Å². The van der Waals surface area contributed by atoms with Gasteiger partial charge >= 0.3 is 0 Å². The summed E-state index contributed by atoms with van der Waals surface area (Å²) in [7, 11) is 0. The second kappa shape index (κ2) is 5.06. The van der Waals surface area contributed by atoms with E-state index >= 15 is 0 Å².